The highest BCUT2D eigenvalue weighted by Gasteiger charge is 2.48. The fraction of sp³-hybridized carbons (Fsp3) is 0.444. The zero-order valence-corrected chi connectivity index (χ0v) is 15.1. The maximum Gasteiger partial charge on any atom is 0.186 e. The second-order valence-corrected chi connectivity index (χ2v) is 8.14. The van der Waals surface area contributed by atoms with Crippen LogP contribution in [0.3, 0.4) is 0 Å². The number of hydrogen-bond acceptors (Lipinski definition) is 3. The molecule has 3 nitrogen and oxygen atoms in total. The number of rotatable bonds is 2. The van der Waals surface area contributed by atoms with Crippen LogP contribution in [0.15, 0.2) is 17.3 Å². The van der Waals surface area contributed by atoms with E-state index < -0.39 is 5.82 Å². The summed E-state index contributed by atoms with van der Waals surface area (Å²) >= 11 is 7.45. The molecule has 3 atom stereocenters. The van der Waals surface area contributed by atoms with Crippen molar-refractivity contribution in [3.05, 3.63) is 28.9 Å². The maximum atomic E-state index is 14.6. The number of aryl methyl sites for hydroxylation is 1. The van der Waals surface area contributed by atoms with Gasteiger partial charge in [-0.25, -0.2) is 14.4 Å². The van der Waals surface area contributed by atoms with E-state index in [9.17, 15) is 4.39 Å². The molecule has 0 aromatic carbocycles. The molecule has 3 aliphatic rings. The van der Waals surface area contributed by atoms with Gasteiger partial charge in [0.1, 0.15) is 10.5 Å². The number of aromatic nitrogens is 3. The molecule has 24 heavy (non-hydrogen) atoms. The standard InChI is InChI=1S/C18H17ClFN3S/c1-8-5-11-16(23(8)15-9-3-4-10(15)6-9)12-7-21-17(19)13(20)14(12)22-18(11)24-2/h5,7,9-10,15H,3-4,6H2,1-2H3/t9-,10+,15-. The molecular formula is C18H17ClFN3S. The van der Waals surface area contributed by atoms with Gasteiger partial charge in [0, 0.05) is 28.7 Å². The van der Waals surface area contributed by atoms with Crippen LogP contribution in [0.4, 0.5) is 4.39 Å². The van der Waals surface area contributed by atoms with Gasteiger partial charge >= 0.3 is 0 Å². The molecule has 0 amide bonds. The van der Waals surface area contributed by atoms with E-state index >= 15 is 0 Å². The molecule has 124 valence electrons. The smallest absolute Gasteiger partial charge is 0.186 e. The Balaban J connectivity index is 1.91. The van der Waals surface area contributed by atoms with Gasteiger partial charge < -0.3 is 4.57 Å². The van der Waals surface area contributed by atoms with Crippen molar-refractivity contribution in [1.29, 1.82) is 0 Å². The highest BCUT2D eigenvalue weighted by Crippen LogP contribution is 2.58. The Morgan fingerprint density at radius 3 is 2.71 bits per heavy atom. The molecule has 3 saturated carbocycles. The molecule has 0 N–H and O–H groups in total. The van der Waals surface area contributed by atoms with Gasteiger partial charge in [0.15, 0.2) is 11.0 Å². The van der Waals surface area contributed by atoms with Gasteiger partial charge in [0.25, 0.3) is 0 Å². The Kier molecular flexibility index (Phi) is 3.17. The third kappa shape index (κ3) is 1.80. The van der Waals surface area contributed by atoms with Gasteiger partial charge in [-0.3, -0.25) is 0 Å². The minimum Gasteiger partial charge on any atom is -0.341 e. The van der Waals surface area contributed by atoms with E-state index in [0.717, 1.165) is 33.2 Å². The van der Waals surface area contributed by atoms with Crippen LogP contribution in [0.5, 0.6) is 0 Å². The molecular weight excluding hydrogens is 345 g/mol. The molecule has 2 bridgehead atoms. The predicted octanol–water partition coefficient (Wildman–Crippen LogP) is 5.38. The van der Waals surface area contributed by atoms with Gasteiger partial charge in [0.05, 0.1) is 5.52 Å². The topological polar surface area (TPSA) is 30.7 Å². The largest absolute Gasteiger partial charge is 0.341 e. The number of halogens is 2. The second-order valence-electron chi connectivity index (χ2n) is 6.99. The summed E-state index contributed by atoms with van der Waals surface area (Å²) in [6.45, 7) is 2.15. The normalized spacial score (nSPS) is 25.6. The van der Waals surface area contributed by atoms with E-state index in [4.69, 9.17) is 11.6 Å². The Hall–Kier alpha value is -1.33. The number of nitrogens with zero attached hydrogens (tertiary/aromatic N) is 3. The van der Waals surface area contributed by atoms with Gasteiger partial charge in [-0.2, -0.15) is 0 Å². The van der Waals surface area contributed by atoms with Crippen molar-refractivity contribution < 1.29 is 4.39 Å². The van der Waals surface area contributed by atoms with Crippen molar-refractivity contribution in [2.24, 2.45) is 11.8 Å². The molecule has 0 unspecified atom stereocenters. The highest BCUT2D eigenvalue weighted by molar-refractivity contribution is 7.98. The average molecular weight is 362 g/mol. The van der Waals surface area contributed by atoms with Gasteiger partial charge in [0.2, 0.25) is 0 Å². The van der Waals surface area contributed by atoms with Crippen molar-refractivity contribution in [3.8, 4) is 0 Å². The van der Waals surface area contributed by atoms with Crippen molar-refractivity contribution in [2.45, 2.75) is 37.3 Å². The van der Waals surface area contributed by atoms with E-state index in [2.05, 4.69) is 27.5 Å². The number of pyridine rings is 2. The van der Waals surface area contributed by atoms with Crippen molar-refractivity contribution in [3.63, 3.8) is 0 Å². The van der Waals surface area contributed by atoms with Crippen molar-refractivity contribution in [2.75, 3.05) is 6.26 Å². The first-order valence-electron chi connectivity index (χ1n) is 8.29. The Morgan fingerprint density at radius 2 is 2.04 bits per heavy atom. The van der Waals surface area contributed by atoms with Crippen LogP contribution in [-0.2, 0) is 0 Å². The molecule has 3 aromatic rings. The molecule has 0 saturated heterocycles. The first kappa shape index (κ1) is 15.0. The van der Waals surface area contributed by atoms with Crippen LogP contribution in [-0.4, -0.2) is 20.8 Å². The van der Waals surface area contributed by atoms with Crippen molar-refractivity contribution >= 4 is 45.2 Å². The summed E-state index contributed by atoms with van der Waals surface area (Å²) in [6.07, 6.45) is 7.61. The van der Waals surface area contributed by atoms with E-state index in [0.29, 0.717) is 11.6 Å². The zero-order chi connectivity index (χ0) is 16.6. The summed E-state index contributed by atoms with van der Waals surface area (Å²) in [4.78, 5) is 8.59. The first-order chi connectivity index (χ1) is 11.6. The third-order valence-corrected chi connectivity index (χ3v) is 6.81. The number of thioether (sulfide) groups is 1. The summed E-state index contributed by atoms with van der Waals surface area (Å²) in [5.74, 6) is 0.999. The maximum absolute atomic E-state index is 14.6. The molecule has 3 fully saturated rings. The lowest BCUT2D eigenvalue weighted by atomic mass is 9.78. The van der Waals surface area contributed by atoms with Crippen LogP contribution in [0.2, 0.25) is 5.15 Å². The van der Waals surface area contributed by atoms with Gasteiger partial charge in [-0.05, 0) is 50.3 Å². The summed E-state index contributed by atoms with van der Waals surface area (Å²) in [5.41, 5.74) is 2.64. The zero-order valence-electron chi connectivity index (χ0n) is 13.5. The Morgan fingerprint density at radius 1 is 1.29 bits per heavy atom. The molecule has 3 aromatic heterocycles. The lowest BCUT2D eigenvalue weighted by Gasteiger charge is -2.38. The fourth-order valence-electron chi connectivity index (χ4n) is 4.81. The van der Waals surface area contributed by atoms with Crippen LogP contribution >= 0.6 is 23.4 Å². The monoisotopic (exact) mass is 361 g/mol. The van der Waals surface area contributed by atoms with Crippen LogP contribution in [0, 0.1) is 24.6 Å². The van der Waals surface area contributed by atoms with E-state index in [1.807, 2.05) is 6.26 Å². The lowest BCUT2D eigenvalue weighted by molar-refractivity contribution is 0.167. The lowest BCUT2D eigenvalue weighted by Crippen LogP contribution is -2.31. The molecule has 6 rings (SSSR count). The van der Waals surface area contributed by atoms with Gasteiger partial charge in [-0.1, -0.05) is 11.6 Å². The van der Waals surface area contributed by atoms with Crippen LogP contribution in [0.25, 0.3) is 21.8 Å². The van der Waals surface area contributed by atoms with E-state index in [-0.39, 0.29) is 5.15 Å². The Bertz CT molecular complexity index is 985. The van der Waals surface area contributed by atoms with Crippen LogP contribution in [0.1, 0.15) is 31.0 Å². The minimum absolute atomic E-state index is 0.111. The summed E-state index contributed by atoms with van der Waals surface area (Å²) < 4.78 is 17.0. The summed E-state index contributed by atoms with van der Waals surface area (Å²) in [5, 5.41) is 2.61. The van der Waals surface area contributed by atoms with Crippen LogP contribution < -0.4 is 0 Å². The highest BCUT2D eigenvalue weighted by atomic mass is 35.5. The quantitative estimate of drug-likeness (QED) is 0.453. The average Bonchev–Trinajstić information content (AvgIpc) is 3.26. The molecule has 0 spiro atoms. The first-order valence-corrected chi connectivity index (χ1v) is 9.89. The SMILES string of the molecule is CSc1nc2c(F)c(Cl)ncc2c2c1cc(C)n2[C@@H]1[C@@H]2CC[C@H]1C2. The van der Waals surface area contributed by atoms with E-state index in [1.54, 1.807) is 18.0 Å². The summed E-state index contributed by atoms with van der Waals surface area (Å²) in [6, 6.07) is 2.74. The second kappa shape index (κ2) is 5.09. The third-order valence-electron chi connectivity index (χ3n) is 5.85. The minimum atomic E-state index is -0.520. The van der Waals surface area contributed by atoms with Crippen molar-refractivity contribution in [1.82, 2.24) is 14.5 Å². The van der Waals surface area contributed by atoms with E-state index in [1.165, 1.54) is 25.0 Å². The molecule has 6 heteroatoms. The molecule has 0 aliphatic heterocycles. The predicted molar refractivity (Wildman–Crippen MR) is 96.4 cm³/mol. The molecule has 3 heterocycles. The number of fused-ring (bicyclic) bond motifs is 4. The summed E-state index contributed by atoms with van der Waals surface area (Å²) in [7, 11) is 0. The fourth-order valence-corrected chi connectivity index (χ4v) is 5.51. The molecule has 0 radical (unpaired) electrons. The van der Waals surface area contributed by atoms with Gasteiger partial charge in [-0.15, -0.1) is 11.8 Å². The Labute approximate surface area is 148 Å². The molecule has 3 aliphatic carbocycles. The number of hydrogen-bond donors (Lipinski definition) is 0.